The van der Waals surface area contributed by atoms with Gasteiger partial charge in [-0.15, -0.1) is 12.3 Å². The Morgan fingerprint density at radius 2 is 2.25 bits per heavy atom. The maximum absolute atomic E-state index is 11.2. The van der Waals surface area contributed by atoms with Crippen molar-refractivity contribution in [3.8, 4) is 12.3 Å². The predicted octanol–water partition coefficient (Wildman–Crippen LogP) is 1.89. The first-order chi connectivity index (χ1) is 7.76. The summed E-state index contributed by atoms with van der Waals surface area (Å²) in [6.07, 6.45) is 10.7. The van der Waals surface area contributed by atoms with E-state index in [-0.39, 0.29) is 5.97 Å². The number of nitrogens with one attached hydrogen (secondary N) is 1. The summed E-state index contributed by atoms with van der Waals surface area (Å²) in [4.78, 5) is 11.2. The second kappa shape index (κ2) is 10.3. The van der Waals surface area contributed by atoms with Gasteiger partial charge in [0.25, 0.3) is 0 Å². The number of esters is 1. The van der Waals surface area contributed by atoms with Crippen molar-refractivity contribution in [1.82, 2.24) is 5.32 Å². The van der Waals surface area contributed by atoms with Gasteiger partial charge in [-0.05, 0) is 25.8 Å². The van der Waals surface area contributed by atoms with E-state index >= 15 is 0 Å². The average molecular weight is 223 g/mol. The lowest BCUT2D eigenvalue weighted by Crippen LogP contribution is -2.16. The van der Waals surface area contributed by atoms with Crippen LogP contribution in [0.5, 0.6) is 0 Å². The summed E-state index contributed by atoms with van der Waals surface area (Å²) in [5.74, 6) is 2.37. The molecule has 1 N–H and O–H groups in total. The molecule has 0 bridgehead atoms. The number of rotatable bonds is 8. The minimum atomic E-state index is -0.239. The number of unbranched alkanes of at least 4 members (excludes halogenated alkanes) is 2. The zero-order chi connectivity index (χ0) is 12.2. The molecule has 0 aromatic carbocycles. The van der Waals surface area contributed by atoms with E-state index in [1.165, 1.54) is 7.11 Å². The van der Waals surface area contributed by atoms with E-state index in [1.807, 2.05) is 13.0 Å². The molecule has 0 aromatic heterocycles. The fourth-order valence-corrected chi connectivity index (χ4v) is 1.28. The predicted molar refractivity (Wildman–Crippen MR) is 65.9 cm³/mol. The fourth-order valence-electron chi connectivity index (χ4n) is 1.28. The zero-order valence-electron chi connectivity index (χ0n) is 10.2. The zero-order valence-corrected chi connectivity index (χ0v) is 10.2. The molecule has 0 spiro atoms. The van der Waals surface area contributed by atoms with Crippen LogP contribution in [-0.4, -0.2) is 26.2 Å². The van der Waals surface area contributed by atoms with E-state index in [2.05, 4.69) is 16.0 Å². The summed E-state index contributed by atoms with van der Waals surface area (Å²) < 4.78 is 4.66. The highest BCUT2D eigenvalue weighted by Crippen LogP contribution is 2.01. The van der Waals surface area contributed by atoms with Crippen molar-refractivity contribution in [2.75, 3.05) is 20.2 Å². The van der Waals surface area contributed by atoms with Crippen LogP contribution in [-0.2, 0) is 9.53 Å². The topological polar surface area (TPSA) is 38.3 Å². The first-order valence-electron chi connectivity index (χ1n) is 5.67. The molecular weight excluding hydrogens is 202 g/mol. The van der Waals surface area contributed by atoms with Crippen LogP contribution in [0.25, 0.3) is 0 Å². The lowest BCUT2D eigenvalue weighted by molar-refractivity contribution is -0.136. The van der Waals surface area contributed by atoms with Crippen LogP contribution in [0.1, 0.15) is 32.6 Å². The molecule has 0 fully saturated rings. The van der Waals surface area contributed by atoms with E-state index in [0.717, 1.165) is 31.4 Å². The highest BCUT2D eigenvalue weighted by atomic mass is 16.5. The molecule has 3 nitrogen and oxygen atoms in total. The van der Waals surface area contributed by atoms with Gasteiger partial charge in [0.15, 0.2) is 0 Å². The van der Waals surface area contributed by atoms with Crippen LogP contribution in [0.4, 0.5) is 0 Å². The first-order valence-corrected chi connectivity index (χ1v) is 5.67. The Labute approximate surface area is 98.3 Å². The van der Waals surface area contributed by atoms with Crippen LogP contribution in [0.3, 0.4) is 0 Å². The minimum Gasteiger partial charge on any atom is -0.466 e. The van der Waals surface area contributed by atoms with E-state index in [1.54, 1.807) is 0 Å². The van der Waals surface area contributed by atoms with Crippen LogP contribution in [0.15, 0.2) is 11.6 Å². The number of hydrogen-bond acceptors (Lipinski definition) is 3. The minimum absolute atomic E-state index is 0.239. The third-order valence-electron chi connectivity index (χ3n) is 2.25. The standard InChI is InChI=1S/C13H21NO2/c1-4-6-7-8-10-14-11-9-12(5-2)13(15)16-3/h1,9,14H,5-8,10-11H2,2-3H3. The van der Waals surface area contributed by atoms with E-state index in [4.69, 9.17) is 6.42 Å². The molecule has 0 aromatic rings. The normalized spacial score (nSPS) is 10.9. The van der Waals surface area contributed by atoms with Crippen molar-refractivity contribution in [2.24, 2.45) is 0 Å². The number of carbonyl (C=O) groups excluding carboxylic acids is 1. The maximum atomic E-state index is 11.2. The summed E-state index contributed by atoms with van der Waals surface area (Å²) in [5.41, 5.74) is 0.721. The highest BCUT2D eigenvalue weighted by molar-refractivity contribution is 5.88. The molecule has 0 aliphatic carbocycles. The fraction of sp³-hybridized carbons (Fsp3) is 0.615. The Kier molecular flexibility index (Phi) is 9.44. The Balaban J connectivity index is 3.64. The van der Waals surface area contributed by atoms with Gasteiger partial charge in [-0.1, -0.05) is 13.0 Å². The molecule has 0 aliphatic heterocycles. The summed E-state index contributed by atoms with van der Waals surface area (Å²) in [6.45, 7) is 3.57. The molecule has 0 aliphatic rings. The number of carbonyl (C=O) groups is 1. The lowest BCUT2D eigenvalue weighted by atomic mass is 10.2. The molecule has 0 amide bonds. The second-order valence-electron chi connectivity index (χ2n) is 3.44. The molecule has 0 saturated carbocycles. The molecule has 0 rings (SSSR count). The molecule has 0 atom stereocenters. The van der Waals surface area contributed by atoms with Gasteiger partial charge in [0, 0.05) is 18.5 Å². The van der Waals surface area contributed by atoms with Gasteiger partial charge in [0.1, 0.15) is 0 Å². The summed E-state index contributed by atoms with van der Waals surface area (Å²) in [7, 11) is 1.40. The van der Waals surface area contributed by atoms with Crippen LogP contribution in [0.2, 0.25) is 0 Å². The van der Waals surface area contributed by atoms with Crippen molar-refractivity contribution >= 4 is 5.97 Å². The van der Waals surface area contributed by atoms with Gasteiger partial charge >= 0.3 is 5.97 Å². The van der Waals surface area contributed by atoms with Gasteiger partial charge in [0.05, 0.1) is 7.11 Å². The molecule has 90 valence electrons. The summed E-state index contributed by atoms with van der Waals surface area (Å²) >= 11 is 0. The first kappa shape index (κ1) is 14.7. The van der Waals surface area contributed by atoms with Crippen molar-refractivity contribution in [3.05, 3.63) is 11.6 Å². The van der Waals surface area contributed by atoms with Gasteiger partial charge in [0.2, 0.25) is 0 Å². The Morgan fingerprint density at radius 1 is 1.50 bits per heavy atom. The van der Waals surface area contributed by atoms with E-state index in [9.17, 15) is 4.79 Å². The molecule has 0 heterocycles. The van der Waals surface area contributed by atoms with Gasteiger partial charge < -0.3 is 10.1 Å². The third-order valence-corrected chi connectivity index (χ3v) is 2.25. The summed E-state index contributed by atoms with van der Waals surface area (Å²) in [6, 6.07) is 0. The molecular formula is C13H21NO2. The smallest absolute Gasteiger partial charge is 0.333 e. The van der Waals surface area contributed by atoms with Crippen molar-refractivity contribution in [1.29, 1.82) is 0 Å². The van der Waals surface area contributed by atoms with Crippen molar-refractivity contribution < 1.29 is 9.53 Å². The average Bonchev–Trinajstić information content (AvgIpc) is 2.32. The second-order valence-corrected chi connectivity index (χ2v) is 3.44. The Bertz CT molecular complexity index is 264. The molecule has 0 unspecified atom stereocenters. The van der Waals surface area contributed by atoms with Crippen LogP contribution in [0, 0.1) is 12.3 Å². The number of methoxy groups -OCH3 is 1. The summed E-state index contributed by atoms with van der Waals surface area (Å²) in [5, 5.41) is 3.24. The molecule has 16 heavy (non-hydrogen) atoms. The monoisotopic (exact) mass is 223 g/mol. The van der Waals surface area contributed by atoms with Gasteiger partial charge in [-0.2, -0.15) is 0 Å². The number of terminal acetylenes is 1. The van der Waals surface area contributed by atoms with Gasteiger partial charge in [-0.3, -0.25) is 0 Å². The Hall–Kier alpha value is -1.27. The molecule has 0 saturated heterocycles. The van der Waals surface area contributed by atoms with E-state index < -0.39 is 0 Å². The largest absolute Gasteiger partial charge is 0.466 e. The van der Waals surface area contributed by atoms with Crippen LogP contribution < -0.4 is 5.32 Å². The Morgan fingerprint density at radius 3 is 2.81 bits per heavy atom. The maximum Gasteiger partial charge on any atom is 0.333 e. The van der Waals surface area contributed by atoms with Crippen molar-refractivity contribution in [2.45, 2.75) is 32.6 Å². The number of hydrogen-bond donors (Lipinski definition) is 1. The highest BCUT2D eigenvalue weighted by Gasteiger charge is 2.05. The van der Waals surface area contributed by atoms with Gasteiger partial charge in [-0.25, -0.2) is 4.79 Å². The van der Waals surface area contributed by atoms with Crippen LogP contribution >= 0.6 is 0 Å². The SMILES string of the molecule is C#CCCCCNCC=C(CC)C(=O)OC. The van der Waals surface area contributed by atoms with Crippen molar-refractivity contribution in [3.63, 3.8) is 0 Å². The lowest BCUT2D eigenvalue weighted by Gasteiger charge is -2.03. The quantitative estimate of drug-likeness (QED) is 0.295. The van der Waals surface area contributed by atoms with E-state index in [0.29, 0.717) is 13.0 Å². The molecule has 3 heteroatoms. The number of ether oxygens (including phenoxy) is 1. The third kappa shape index (κ3) is 7.08. The molecule has 0 radical (unpaired) electrons.